The zero-order valence-electron chi connectivity index (χ0n) is 20.4. The molecule has 36 heavy (non-hydrogen) atoms. The molecule has 0 bridgehead atoms. The Morgan fingerprint density at radius 1 is 0.917 bits per heavy atom. The summed E-state index contributed by atoms with van der Waals surface area (Å²) in [6.45, 7) is 5.61. The number of aromatic amines is 1. The number of nitrogens with zero attached hydrogens (tertiary/aromatic N) is 3. The van der Waals surface area contributed by atoms with Gasteiger partial charge < -0.3 is 14.9 Å². The molecule has 0 radical (unpaired) electrons. The number of hydrogen-bond acceptors (Lipinski definition) is 6. The fourth-order valence-corrected chi connectivity index (χ4v) is 4.50. The molecule has 7 nitrogen and oxygen atoms in total. The molecule has 4 aromatic rings. The second kappa shape index (κ2) is 9.79. The molecule has 0 aliphatic carbocycles. The van der Waals surface area contributed by atoms with E-state index in [2.05, 4.69) is 39.0 Å². The number of ketones is 1. The van der Waals surface area contributed by atoms with Crippen LogP contribution >= 0.6 is 0 Å². The number of carbonyl (C=O) groups excluding carboxylic acids is 1. The van der Waals surface area contributed by atoms with E-state index in [0.717, 1.165) is 43.0 Å². The predicted molar refractivity (Wildman–Crippen MR) is 145 cm³/mol. The fourth-order valence-electron chi connectivity index (χ4n) is 4.50. The number of rotatable bonds is 5. The number of hydrogen-bond donors (Lipinski definition) is 2. The van der Waals surface area contributed by atoms with Gasteiger partial charge in [0.05, 0.1) is 11.3 Å². The largest absolute Gasteiger partial charge is 0.494 e. The molecule has 182 valence electrons. The van der Waals surface area contributed by atoms with E-state index in [9.17, 15) is 14.7 Å². The highest BCUT2D eigenvalue weighted by Gasteiger charge is 2.14. The summed E-state index contributed by atoms with van der Waals surface area (Å²) in [5.74, 6) is -0.221. The van der Waals surface area contributed by atoms with E-state index in [-0.39, 0.29) is 17.2 Å². The van der Waals surface area contributed by atoms with Crippen LogP contribution in [0.25, 0.3) is 21.9 Å². The first kappa shape index (κ1) is 23.5. The zero-order chi connectivity index (χ0) is 25.2. The highest BCUT2D eigenvalue weighted by molar-refractivity contribution is 6.03. The van der Waals surface area contributed by atoms with Gasteiger partial charge in [0.1, 0.15) is 0 Å². The number of piperazine rings is 1. The smallest absolute Gasteiger partial charge is 0.258 e. The highest BCUT2D eigenvalue weighted by Crippen LogP contribution is 2.28. The van der Waals surface area contributed by atoms with Gasteiger partial charge in [0.25, 0.3) is 5.56 Å². The molecule has 0 unspecified atom stereocenters. The van der Waals surface area contributed by atoms with Crippen LogP contribution in [-0.2, 0) is 0 Å². The molecule has 0 saturated carbocycles. The van der Waals surface area contributed by atoms with Gasteiger partial charge in [0.15, 0.2) is 5.78 Å². The van der Waals surface area contributed by atoms with Crippen molar-refractivity contribution in [2.45, 2.75) is 6.92 Å². The Labute approximate surface area is 209 Å². The molecule has 1 fully saturated rings. The molecule has 2 N–H and O–H groups in total. The number of likely N-dealkylation sites (N-methyl/N-ethyl adjacent to an activating group) is 1. The Balaban J connectivity index is 1.46. The summed E-state index contributed by atoms with van der Waals surface area (Å²) in [4.78, 5) is 35.9. The summed E-state index contributed by atoms with van der Waals surface area (Å²) < 4.78 is 0. The number of aliphatic imine (C=N–C) groups is 1. The summed E-state index contributed by atoms with van der Waals surface area (Å²) in [6.07, 6.45) is 1.58. The second-order valence-electron chi connectivity index (χ2n) is 9.18. The van der Waals surface area contributed by atoms with E-state index >= 15 is 0 Å². The molecule has 0 amide bonds. The van der Waals surface area contributed by atoms with Crippen LogP contribution in [0, 0.1) is 0 Å². The van der Waals surface area contributed by atoms with Crippen molar-refractivity contribution in [1.29, 1.82) is 0 Å². The number of pyridine rings is 1. The van der Waals surface area contributed by atoms with E-state index in [1.165, 1.54) is 12.6 Å². The lowest BCUT2D eigenvalue weighted by Crippen LogP contribution is -2.44. The van der Waals surface area contributed by atoms with Crippen LogP contribution in [0.4, 0.5) is 11.4 Å². The van der Waals surface area contributed by atoms with Gasteiger partial charge in [-0.15, -0.1) is 0 Å². The molecule has 1 aromatic heterocycles. The van der Waals surface area contributed by atoms with Gasteiger partial charge in [-0.1, -0.05) is 30.3 Å². The van der Waals surface area contributed by atoms with Gasteiger partial charge in [-0.05, 0) is 61.5 Å². The zero-order valence-corrected chi connectivity index (χ0v) is 20.4. The van der Waals surface area contributed by atoms with Gasteiger partial charge in [0.2, 0.25) is 5.88 Å². The van der Waals surface area contributed by atoms with Crippen LogP contribution < -0.4 is 10.5 Å². The van der Waals surface area contributed by atoms with Crippen molar-refractivity contribution < 1.29 is 9.90 Å². The Kier molecular flexibility index (Phi) is 6.40. The average Bonchev–Trinajstić information content (AvgIpc) is 2.89. The number of fused-ring (bicyclic) bond motifs is 1. The van der Waals surface area contributed by atoms with Crippen molar-refractivity contribution in [2.24, 2.45) is 4.99 Å². The Morgan fingerprint density at radius 2 is 1.58 bits per heavy atom. The minimum atomic E-state index is -0.366. The van der Waals surface area contributed by atoms with E-state index in [1.807, 2.05) is 36.4 Å². The van der Waals surface area contributed by atoms with Crippen LogP contribution in [0.2, 0.25) is 0 Å². The van der Waals surface area contributed by atoms with Gasteiger partial charge in [-0.3, -0.25) is 19.6 Å². The van der Waals surface area contributed by atoms with Crippen LogP contribution in [0.15, 0.2) is 76.5 Å². The lowest BCUT2D eigenvalue weighted by molar-refractivity contribution is 0.101. The molecular formula is C29H28N4O3. The minimum Gasteiger partial charge on any atom is -0.494 e. The van der Waals surface area contributed by atoms with Crippen LogP contribution in [0.5, 0.6) is 5.88 Å². The molecular weight excluding hydrogens is 452 g/mol. The molecule has 1 saturated heterocycles. The Bertz CT molecular complexity index is 1500. The van der Waals surface area contributed by atoms with Gasteiger partial charge in [-0.25, -0.2) is 0 Å². The van der Waals surface area contributed by atoms with Gasteiger partial charge in [0, 0.05) is 54.4 Å². The fraction of sp³-hybridized carbons (Fsp3) is 0.207. The SMILES string of the molecule is CC(=O)c1ccc(-c2ccc3c(=O)[nH]c(O)c(C=Nc4ccc(N5CCN(C)CC5)cc4)c3c2)cc1. The number of aromatic hydroxyl groups is 1. The maximum atomic E-state index is 12.5. The molecule has 0 atom stereocenters. The predicted octanol–water partition coefficient (Wildman–Crippen LogP) is 4.61. The van der Waals surface area contributed by atoms with Crippen molar-refractivity contribution in [1.82, 2.24) is 9.88 Å². The number of nitrogens with one attached hydrogen (secondary N) is 1. The summed E-state index contributed by atoms with van der Waals surface area (Å²) in [5, 5.41) is 11.6. The lowest BCUT2D eigenvalue weighted by atomic mass is 9.98. The van der Waals surface area contributed by atoms with Crippen molar-refractivity contribution in [3.05, 3.63) is 88.2 Å². The highest BCUT2D eigenvalue weighted by atomic mass is 16.3. The maximum Gasteiger partial charge on any atom is 0.258 e. The van der Waals surface area contributed by atoms with Crippen LogP contribution in [-0.4, -0.2) is 60.2 Å². The number of H-pyrrole nitrogens is 1. The number of benzene rings is 3. The van der Waals surface area contributed by atoms with E-state index < -0.39 is 0 Å². The monoisotopic (exact) mass is 480 g/mol. The van der Waals surface area contributed by atoms with Crippen molar-refractivity contribution in [2.75, 3.05) is 38.1 Å². The first-order chi connectivity index (χ1) is 17.4. The molecule has 0 spiro atoms. The van der Waals surface area contributed by atoms with Crippen molar-refractivity contribution in [3.63, 3.8) is 0 Å². The topological polar surface area (TPSA) is 89.0 Å². The number of carbonyl (C=O) groups is 1. The normalized spacial score (nSPS) is 14.6. The standard InChI is InChI=1S/C29H28N4O3/c1-19(34)20-3-5-21(6-4-20)22-7-12-25-26(17-22)27(29(36)31-28(25)35)18-30-23-8-10-24(11-9-23)33-15-13-32(2)14-16-33/h3-12,17-18H,13-16H2,1-2H3,(H2,31,35,36). The average molecular weight is 481 g/mol. The molecule has 3 aromatic carbocycles. The summed E-state index contributed by atoms with van der Waals surface area (Å²) in [5.41, 5.74) is 4.41. The Morgan fingerprint density at radius 3 is 2.25 bits per heavy atom. The van der Waals surface area contributed by atoms with E-state index in [0.29, 0.717) is 21.9 Å². The van der Waals surface area contributed by atoms with Crippen LogP contribution in [0.1, 0.15) is 22.8 Å². The van der Waals surface area contributed by atoms with Crippen LogP contribution in [0.3, 0.4) is 0 Å². The Hall–Kier alpha value is -4.23. The molecule has 5 rings (SSSR count). The third-order valence-electron chi connectivity index (χ3n) is 6.73. The minimum absolute atomic E-state index is 0.00609. The third kappa shape index (κ3) is 4.78. The lowest BCUT2D eigenvalue weighted by Gasteiger charge is -2.34. The third-order valence-corrected chi connectivity index (χ3v) is 6.73. The summed E-state index contributed by atoms with van der Waals surface area (Å²) in [7, 11) is 2.14. The van der Waals surface area contributed by atoms with E-state index in [1.54, 1.807) is 24.4 Å². The first-order valence-electron chi connectivity index (χ1n) is 12.0. The molecule has 1 aliphatic rings. The maximum absolute atomic E-state index is 12.5. The number of aromatic nitrogens is 1. The van der Waals surface area contributed by atoms with E-state index in [4.69, 9.17) is 0 Å². The van der Waals surface area contributed by atoms with Gasteiger partial charge in [-0.2, -0.15) is 0 Å². The second-order valence-corrected chi connectivity index (χ2v) is 9.18. The van der Waals surface area contributed by atoms with Gasteiger partial charge >= 0.3 is 0 Å². The summed E-state index contributed by atoms with van der Waals surface area (Å²) in [6, 6.07) is 20.8. The quantitative estimate of drug-likeness (QED) is 0.322. The number of Topliss-reactive ketones (excluding diaryl/α,β-unsaturated/α-hetero) is 1. The summed E-state index contributed by atoms with van der Waals surface area (Å²) >= 11 is 0. The van der Waals surface area contributed by atoms with Crippen molar-refractivity contribution >= 4 is 34.1 Å². The first-order valence-corrected chi connectivity index (χ1v) is 12.0. The van der Waals surface area contributed by atoms with Crippen molar-refractivity contribution in [3.8, 4) is 17.0 Å². The molecule has 7 heteroatoms. The molecule has 1 aliphatic heterocycles. The number of anilines is 1. The molecule has 2 heterocycles.